The summed E-state index contributed by atoms with van der Waals surface area (Å²) in [5.74, 6) is 0.0379. The second-order valence-electron chi connectivity index (χ2n) is 10.8. The highest BCUT2D eigenvalue weighted by atomic mass is 31.2. The molecule has 14 nitrogen and oxygen atoms in total. The van der Waals surface area contributed by atoms with E-state index in [1.165, 1.54) is 6.33 Å². The number of aromatic nitrogens is 4. The predicted molar refractivity (Wildman–Crippen MR) is 158 cm³/mol. The number of aliphatic hydroxyl groups excluding tert-OH is 1. The number of ether oxygens (including phenoxy) is 1. The minimum Gasteiger partial charge on any atom is -0.389 e. The van der Waals surface area contributed by atoms with Crippen LogP contribution in [0.2, 0.25) is 0 Å². The molecule has 0 radical (unpaired) electrons. The number of azide groups is 1. The molecule has 0 aliphatic carbocycles. The molecule has 0 saturated carbocycles. The van der Waals surface area contributed by atoms with Gasteiger partial charge in [-0.1, -0.05) is 62.1 Å². The van der Waals surface area contributed by atoms with E-state index >= 15 is 0 Å². The van der Waals surface area contributed by atoms with Gasteiger partial charge in [-0.2, -0.15) is 4.98 Å². The average molecular weight is 602 g/mol. The molecule has 7 atom stereocenters. The van der Waals surface area contributed by atoms with E-state index in [-0.39, 0.29) is 18.6 Å². The van der Waals surface area contributed by atoms with Crippen molar-refractivity contribution in [1.29, 1.82) is 0 Å². The summed E-state index contributed by atoms with van der Waals surface area (Å²) in [5.41, 5.74) is 16.1. The van der Waals surface area contributed by atoms with Crippen LogP contribution in [0.25, 0.3) is 21.6 Å². The Morgan fingerprint density at radius 2 is 2.07 bits per heavy atom. The number of nitrogens with two attached hydrogens (primary N) is 1. The molecule has 1 aromatic carbocycles. The Bertz CT molecular complexity index is 1450. The van der Waals surface area contributed by atoms with Crippen LogP contribution in [0.15, 0.2) is 41.8 Å². The monoisotopic (exact) mass is 601 g/mol. The smallest absolute Gasteiger partial charge is 0.389 e. The number of nitrogens with zero attached hydrogens (tertiary/aromatic N) is 7. The molecule has 0 spiro atoms. The second kappa shape index (κ2) is 13.5. The Kier molecular flexibility index (Phi) is 10.2. The lowest BCUT2D eigenvalue weighted by Crippen LogP contribution is -2.42. The summed E-state index contributed by atoms with van der Waals surface area (Å²) in [6.07, 6.45) is 0.725. The fourth-order valence-corrected chi connectivity index (χ4v) is 6.79. The highest BCUT2D eigenvalue weighted by Crippen LogP contribution is 2.51. The Labute approximate surface area is 245 Å². The van der Waals surface area contributed by atoms with Gasteiger partial charge >= 0.3 is 7.75 Å². The third-order valence-corrected chi connectivity index (χ3v) is 9.32. The van der Waals surface area contributed by atoms with Crippen molar-refractivity contribution in [2.75, 3.05) is 12.3 Å². The first-order chi connectivity index (χ1) is 20.0. The number of benzene rings is 1. The summed E-state index contributed by atoms with van der Waals surface area (Å²) in [6.45, 7) is 8.92. The highest BCUT2D eigenvalue weighted by Gasteiger charge is 2.55. The SMILES string of the molecule is CCCC[C@H](OP(=O)(N[C@@H](C)CC)OC[C@H]1O[C@@H](n2cnc3c(C)nc(N)nc32)[C@](C)(N=[N+]=[N-])[C@@H]1O)c1ccccc1. The van der Waals surface area contributed by atoms with Crippen LogP contribution >= 0.6 is 7.75 Å². The minimum absolute atomic E-state index is 0.0379. The van der Waals surface area contributed by atoms with Crippen molar-refractivity contribution in [2.24, 2.45) is 5.11 Å². The van der Waals surface area contributed by atoms with Gasteiger partial charge in [0, 0.05) is 11.0 Å². The lowest BCUT2D eigenvalue weighted by Gasteiger charge is -2.29. The summed E-state index contributed by atoms with van der Waals surface area (Å²) >= 11 is 0. The molecule has 1 fully saturated rings. The van der Waals surface area contributed by atoms with Gasteiger partial charge in [-0.15, -0.1) is 0 Å². The molecule has 0 amide bonds. The summed E-state index contributed by atoms with van der Waals surface area (Å²) < 4.78 is 34.2. The molecule has 2 aromatic heterocycles. The zero-order chi connectivity index (χ0) is 30.5. The maximum atomic E-state index is 14.2. The third kappa shape index (κ3) is 6.76. The number of nitrogen functional groups attached to an aromatic ring is 1. The lowest BCUT2D eigenvalue weighted by molar-refractivity contribution is -0.0447. The fraction of sp³-hybridized carbons (Fsp3) is 0.593. The molecular formula is C27H40N9O5P. The second-order valence-corrected chi connectivity index (χ2v) is 12.5. The first-order valence-electron chi connectivity index (χ1n) is 14.2. The maximum absolute atomic E-state index is 14.2. The van der Waals surface area contributed by atoms with Gasteiger partial charge in [0.15, 0.2) is 11.9 Å². The van der Waals surface area contributed by atoms with Crippen LogP contribution < -0.4 is 10.8 Å². The van der Waals surface area contributed by atoms with E-state index in [2.05, 4.69) is 37.0 Å². The van der Waals surface area contributed by atoms with Gasteiger partial charge in [0.2, 0.25) is 5.95 Å². The van der Waals surface area contributed by atoms with Crippen LogP contribution in [0.4, 0.5) is 5.95 Å². The molecular weight excluding hydrogens is 561 g/mol. The number of anilines is 1. The van der Waals surface area contributed by atoms with Gasteiger partial charge < -0.3 is 15.6 Å². The Hall–Kier alpha value is -3.09. The van der Waals surface area contributed by atoms with Gasteiger partial charge in [0.05, 0.1) is 30.8 Å². The van der Waals surface area contributed by atoms with Crippen molar-refractivity contribution in [3.05, 3.63) is 58.4 Å². The van der Waals surface area contributed by atoms with Crippen LogP contribution in [0.5, 0.6) is 0 Å². The van der Waals surface area contributed by atoms with Crippen molar-refractivity contribution >= 4 is 24.9 Å². The Balaban J connectivity index is 1.62. The fourth-order valence-electron chi connectivity index (χ4n) is 4.97. The number of hydrogen-bond acceptors (Lipinski definition) is 10. The average Bonchev–Trinajstić information content (AvgIpc) is 3.49. The molecule has 1 aliphatic rings. The molecule has 3 heterocycles. The maximum Gasteiger partial charge on any atom is 0.406 e. The first kappa shape index (κ1) is 31.8. The van der Waals surface area contributed by atoms with Gasteiger partial charge in [0.1, 0.15) is 17.2 Å². The van der Waals surface area contributed by atoms with E-state index in [1.54, 1.807) is 18.4 Å². The van der Waals surface area contributed by atoms with Crippen molar-refractivity contribution in [2.45, 2.75) is 96.4 Å². The molecule has 4 rings (SSSR count). The van der Waals surface area contributed by atoms with E-state index in [0.717, 1.165) is 18.4 Å². The van der Waals surface area contributed by atoms with Gasteiger partial charge in [-0.3, -0.25) is 13.6 Å². The van der Waals surface area contributed by atoms with Crippen LogP contribution in [-0.2, 0) is 18.3 Å². The Morgan fingerprint density at radius 1 is 1.33 bits per heavy atom. The topological polar surface area (TPSA) is 195 Å². The molecule has 1 unspecified atom stereocenters. The number of aryl methyl sites for hydroxylation is 1. The molecule has 1 aliphatic heterocycles. The lowest BCUT2D eigenvalue weighted by atomic mass is 9.93. The number of aliphatic hydroxyl groups is 1. The number of unbranched alkanes of at least 4 members (excludes halogenated alkanes) is 1. The normalized spacial score (nSPS) is 25.1. The first-order valence-corrected chi connectivity index (χ1v) is 15.7. The molecule has 1 saturated heterocycles. The minimum atomic E-state index is -3.92. The largest absolute Gasteiger partial charge is 0.406 e. The zero-order valence-corrected chi connectivity index (χ0v) is 25.5. The summed E-state index contributed by atoms with van der Waals surface area (Å²) in [6, 6.07) is 9.41. The van der Waals surface area contributed by atoms with Crippen molar-refractivity contribution in [1.82, 2.24) is 24.6 Å². The van der Waals surface area contributed by atoms with E-state index < -0.39 is 37.8 Å². The number of nitrogens with one attached hydrogen (secondary N) is 1. The molecule has 3 aromatic rings. The van der Waals surface area contributed by atoms with E-state index in [4.69, 9.17) is 19.5 Å². The van der Waals surface area contributed by atoms with Gasteiger partial charge in [-0.25, -0.2) is 19.6 Å². The van der Waals surface area contributed by atoms with Gasteiger partial charge in [-0.05, 0) is 44.7 Å². The van der Waals surface area contributed by atoms with Crippen molar-refractivity contribution < 1.29 is 23.5 Å². The molecule has 15 heteroatoms. The zero-order valence-electron chi connectivity index (χ0n) is 24.6. The van der Waals surface area contributed by atoms with Crippen LogP contribution in [0.3, 0.4) is 0 Å². The highest BCUT2D eigenvalue weighted by molar-refractivity contribution is 7.51. The van der Waals surface area contributed by atoms with Crippen LogP contribution in [0, 0.1) is 6.92 Å². The predicted octanol–water partition coefficient (Wildman–Crippen LogP) is 5.51. The van der Waals surface area contributed by atoms with Crippen molar-refractivity contribution in [3.8, 4) is 0 Å². The van der Waals surface area contributed by atoms with E-state index in [1.807, 2.05) is 44.2 Å². The van der Waals surface area contributed by atoms with Crippen molar-refractivity contribution in [3.63, 3.8) is 0 Å². The number of imidazole rings is 1. The summed E-state index contributed by atoms with van der Waals surface area (Å²) in [4.78, 5) is 15.8. The third-order valence-electron chi connectivity index (χ3n) is 7.54. The van der Waals surface area contributed by atoms with E-state index in [9.17, 15) is 15.2 Å². The molecule has 42 heavy (non-hydrogen) atoms. The number of fused-ring (bicyclic) bond motifs is 1. The molecule has 228 valence electrons. The standard InChI is InChI=1S/C27H40N9O5P/c1-6-8-14-20(19-12-10-9-11-13-19)41-42(38,33-17(3)7-2)39-15-21-23(37)27(5,34-35-29)25(40-21)36-16-30-22-18(4)31-26(28)32-24(22)36/h9-13,16-17,20-21,23,25,37H,6-8,14-15H2,1-5H3,(H,33,38)(H2,28,31,32)/t17-,20-,21+,23+,25+,27+,42?/m0/s1. The summed E-state index contributed by atoms with van der Waals surface area (Å²) in [5, 5.41) is 18.3. The van der Waals surface area contributed by atoms with Gasteiger partial charge in [0.25, 0.3) is 0 Å². The quantitative estimate of drug-likeness (QED) is 0.0917. The number of rotatable bonds is 14. The van der Waals surface area contributed by atoms with Crippen LogP contribution in [0.1, 0.15) is 77.0 Å². The Morgan fingerprint density at radius 3 is 2.74 bits per heavy atom. The summed E-state index contributed by atoms with van der Waals surface area (Å²) in [7, 11) is -3.92. The van der Waals surface area contributed by atoms with Crippen LogP contribution in [-0.4, -0.2) is 55.0 Å². The number of hydrogen-bond donors (Lipinski definition) is 3. The molecule has 4 N–H and O–H groups in total. The van der Waals surface area contributed by atoms with E-state index in [0.29, 0.717) is 29.7 Å². The molecule has 0 bridgehead atoms.